The van der Waals surface area contributed by atoms with Crippen LogP contribution in [0.1, 0.15) is 18.4 Å². The predicted molar refractivity (Wildman–Crippen MR) is 87.6 cm³/mol. The summed E-state index contributed by atoms with van der Waals surface area (Å²) in [5.74, 6) is 0.549. The number of nitrogens with zero attached hydrogens (tertiary/aromatic N) is 2. The van der Waals surface area contributed by atoms with Gasteiger partial charge in [-0.3, -0.25) is 0 Å². The van der Waals surface area contributed by atoms with Crippen molar-refractivity contribution in [2.24, 2.45) is 0 Å². The first-order chi connectivity index (χ1) is 10.9. The van der Waals surface area contributed by atoms with Crippen LogP contribution in [0, 0.1) is 0 Å². The third-order valence-electron chi connectivity index (χ3n) is 3.46. The van der Waals surface area contributed by atoms with Crippen molar-refractivity contribution in [3.8, 4) is 11.5 Å². The van der Waals surface area contributed by atoms with Gasteiger partial charge in [0.25, 0.3) is 0 Å². The first kappa shape index (κ1) is 14.3. The molecule has 0 saturated carbocycles. The maximum Gasteiger partial charge on any atom is 0.315 e. The van der Waals surface area contributed by atoms with Gasteiger partial charge >= 0.3 is 6.01 Å². The van der Waals surface area contributed by atoms with E-state index in [9.17, 15) is 0 Å². The van der Waals surface area contributed by atoms with Gasteiger partial charge in [-0.25, -0.2) is 0 Å². The average Bonchev–Trinajstić information content (AvgIpc) is 3.05. The Kier molecular flexibility index (Phi) is 4.82. The molecular weight excluding hydrogens is 274 g/mol. The summed E-state index contributed by atoms with van der Waals surface area (Å²) in [7, 11) is 0. The Morgan fingerprint density at radius 2 is 1.55 bits per heavy atom. The lowest BCUT2D eigenvalue weighted by molar-refractivity contribution is 0.578. The van der Waals surface area contributed by atoms with E-state index >= 15 is 0 Å². The Hall–Kier alpha value is -2.62. The number of hydrogen-bond donors (Lipinski definition) is 1. The topological polar surface area (TPSA) is 51.0 Å². The highest BCUT2D eigenvalue weighted by atomic mass is 16.4. The van der Waals surface area contributed by atoms with Gasteiger partial charge in [-0.1, -0.05) is 53.6 Å². The predicted octanol–water partition coefficient (Wildman–Crippen LogP) is 4.17. The molecule has 0 unspecified atom stereocenters. The highest BCUT2D eigenvalue weighted by Gasteiger charge is 2.06. The lowest BCUT2D eigenvalue weighted by Gasteiger charge is -2.02. The molecule has 3 rings (SSSR count). The van der Waals surface area contributed by atoms with Crippen LogP contribution < -0.4 is 5.32 Å². The number of benzene rings is 2. The van der Waals surface area contributed by atoms with Crippen molar-refractivity contribution in [2.45, 2.75) is 19.3 Å². The van der Waals surface area contributed by atoms with Gasteiger partial charge in [0.05, 0.1) is 0 Å². The van der Waals surface area contributed by atoms with E-state index in [1.165, 1.54) is 5.56 Å². The summed E-state index contributed by atoms with van der Waals surface area (Å²) in [6, 6.07) is 20.8. The Labute approximate surface area is 130 Å². The molecule has 0 aliphatic heterocycles. The number of aryl methyl sites for hydroxylation is 1. The molecule has 0 amide bonds. The van der Waals surface area contributed by atoms with Crippen LogP contribution in [0.3, 0.4) is 0 Å². The summed E-state index contributed by atoms with van der Waals surface area (Å²) in [5.41, 5.74) is 2.32. The highest BCUT2D eigenvalue weighted by molar-refractivity contribution is 5.52. The van der Waals surface area contributed by atoms with Crippen molar-refractivity contribution in [1.29, 1.82) is 0 Å². The zero-order valence-corrected chi connectivity index (χ0v) is 12.4. The molecule has 1 heterocycles. The molecule has 22 heavy (non-hydrogen) atoms. The summed E-state index contributed by atoms with van der Waals surface area (Å²) in [6.07, 6.45) is 3.30. The number of rotatable bonds is 7. The molecule has 112 valence electrons. The van der Waals surface area contributed by atoms with E-state index in [0.29, 0.717) is 11.9 Å². The second kappa shape index (κ2) is 7.41. The Balaban J connectivity index is 1.42. The molecule has 0 atom stereocenters. The fourth-order valence-corrected chi connectivity index (χ4v) is 2.29. The molecule has 0 radical (unpaired) electrons. The van der Waals surface area contributed by atoms with Crippen molar-refractivity contribution < 1.29 is 4.42 Å². The Bertz CT molecular complexity index is 680. The molecule has 4 heteroatoms. The van der Waals surface area contributed by atoms with Gasteiger partial charge in [0.15, 0.2) is 0 Å². The summed E-state index contributed by atoms with van der Waals surface area (Å²) in [6.45, 7) is 0.837. The molecule has 4 nitrogen and oxygen atoms in total. The van der Waals surface area contributed by atoms with Crippen LogP contribution in [0.15, 0.2) is 65.1 Å². The van der Waals surface area contributed by atoms with E-state index in [4.69, 9.17) is 4.42 Å². The van der Waals surface area contributed by atoms with Gasteiger partial charge in [0.2, 0.25) is 5.89 Å². The minimum atomic E-state index is 0.485. The summed E-state index contributed by atoms with van der Waals surface area (Å²) < 4.78 is 5.60. The van der Waals surface area contributed by atoms with E-state index in [2.05, 4.69) is 39.8 Å². The minimum absolute atomic E-state index is 0.485. The Morgan fingerprint density at radius 1 is 0.818 bits per heavy atom. The van der Waals surface area contributed by atoms with Crippen molar-refractivity contribution in [3.05, 3.63) is 66.2 Å². The monoisotopic (exact) mass is 293 g/mol. The lowest BCUT2D eigenvalue weighted by Crippen LogP contribution is -2.02. The van der Waals surface area contributed by atoms with Crippen LogP contribution in [0.5, 0.6) is 0 Å². The molecule has 2 aromatic carbocycles. The largest absolute Gasteiger partial charge is 0.403 e. The maximum atomic E-state index is 5.60. The van der Waals surface area contributed by atoms with Crippen LogP contribution in [0.4, 0.5) is 6.01 Å². The van der Waals surface area contributed by atoms with E-state index in [1.54, 1.807) is 0 Å². The fourth-order valence-electron chi connectivity index (χ4n) is 2.29. The third-order valence-corrected chi connectivity index (χ3v) is 3.46. The molecule has 0 spiro atoms. The minimum Gasteiger partial charge on any atom is -0.403 e. The molecule has 1 N–H and O–H groups in total. The third kappa shape index (κ3) is 3.95. The van der Waals surface area contributed by atoms with Crippen LogP contribution >= 0.6 is 0 Å². The van der Waals surface area contributed by atoms with E-state index < -0.39 is 0 Å². The number of unbranched alkanes of at least 4 members (excludes halogenated alkanes) is 1. The molecule has 0 aliphatic rings. The smallest absolute Gasteiger partial charge is 0.315 e. The van der Waals surface area contributed by atoms with Gasteiger partial charge < -0.3 is 9.73 Å². The second-order valence-corrected chi connectivity index (χ2v) is 5.15. The molecule has 0 saturated heterocycles. The van der Waals surface area contributed by atoms with Crippen molar-refractivity contribution in [1.82, 2.24) is 10.2 Å². The number of anilines is 1. The van der Waals surface area contributed by atoms with Crippen LogP contribution in [-0.4, -0.2) is 16.7 Å². The van der Waals surface area contributed by atoms with Gasteiger partial charge in [0, 0.05) is 12.1 Å². The first-order valence-corrected chi connectivity index (χ1v) is 7.58. The normalized spacial score (nSPS) is 10.5. The summed E-state index contributed by atoms with van der Waals surface area (Å²) >= 11 is 0. The number of nitrogens with one attached hydrogen (secondary N) is 1. The van der Waals surface area contributed by atoms with Crippen molar-refractivity contribution in [2.75, 3.05) is 11.9 Å². The van der Waals surface area contributed by atoms with Crippen LogP contribution in [0.25, 0.3) is 11.5 Å². The van der Waals surface area contributed by atoms with Crippen LogP contribution in [-0.2, 0) is 6.42 Å². The van der Waals surface area contributed by atoms with E-state index in [1.807, 2.05) is 36.4 Å². The van der Waals surface area contributed by atoms with Crippen LogP contribution in [0.2, 0.25) is 0 Å². The van der Waals surface area contributed by atoms with Gasteiger partial charge in [-0.05, 0) is 37.0 Å². The van der Waals surface area contributed by atoms with E-state index in [-0.39, 0.29) is 0 Å². The molecular formula is C18H19N3O. The molecule has 3 aromatic rings. The summed E-state index contributed by atoms with van der Waals surface area (Å²) in [4.78, 5) is 0. The fraction of sp³-hybridized carbons (Fsp3) is 0.222. The molecule has 0 bridgehead atoms. The SMILES string of the molecule is c1ccc(CCCCNc2nnc(-c3ccccc3)o2)cc1. The van der Waals surface area contributed by atoms with Gasteiger partial charge in [-0.15, -0.1) is 5.10 Å². The maximum absolute atomic E-state index is 5.60. The molecule has 0 fully saturated rings. The first-order valence-electron chi connectivity index (χ1n) is 7.58. The zero-order valence-electron chi connectivity index (χ0n) is 12.4. The lowest BCUT2D eigenvalue weighted by atomic mass is 10.1. The van der Waals surface area contributed by atoms with Crippen molar-refractivity contribution in [3.63, 3.8) is 0 Å². The number of hydrogen-bond acceptors (Lipinski definition) is 4. The second-order valence-electron chi connectivity index (χ2n) is 5.15. The Morgan fingerprint density at radius 3 is 2.32 bits per heavy atom. The molecule has 1 aromatic heterocycles. The average molecular weight is 293 g/mol. The zero-order chi connectivity index (χ0) is 15.0. The summed E-state index contributed by atoms with van der Waals surface area (Å²) in [5, 5.41) is 11.3. The van der Waals surface area contributed by atoms with Gasteiger partial charge in [-0.2, -0.15) is 0 Å². The standard InChI is InChI=1S/C18H19N3O/c1-3-9-15(10-4-1)11-7-8-14-19-18-21-20-17(22-18)16-12-5-2-6-13-16/h1-6,9-10,12-13H,7-8,11,14H2,(H,19,21). The molecule has 0 aliphatic carbocycles. The van der Waals surface area contributed by atoms with Gasteiger partial charge in [0.1, 0.15) is 0 Å². The van der Waals surface area contributed by atoms with E-state index in [0.717, 1.165) is 31.4 Å². The highest BCUT2D eigenvalue weighted by Crippen LogP contribution is 2.19. The van der Waals surface area contributed by atoms with Crippen molar-refractivity contribution >= 4 is 6.01 Å². The number of aromatic nitrogens is 2. The quantitative estimate of drug-likeness (QED) is 0.664.